The molecule has 4 heteroatoms. The van der Waals surface area contributed by atoms with E-state index in [1.807, 2.05) is 6.92 Å². The van der Waals surface area contributed by atoms with Gasteiger partial charge in [0, 0.05) is 17.4 Å². The maximum absolute atomic E-state index is 12.2. The Bertz CT molecular complexity index is 401. The Morgan fingerprint density at radius 3 is 2.58 bits per heavy atom. The van der Waals surface area contributed by atoms with Crippen LogP contribution in [0.2, 0.25) is 0 Å². The summed E-state index contributed by atoms with van der Waals surface area (Å²) in [6, 6.07) is 0. The molecule has 0 saturated carbocycles. The highest BCUT2D eigenvalue weighted by Crippen LogP contribution is 2.24. The van der Waals surface area contributed by atoms with E-state index in [1.54, 1.807) is 11.3 Å². The van der Waals surface area contributed by atoms with Gasteiger partial charge in [0.15, 0.2) is 5.78 Å². The van der Waals surface area contributed by atoms with Crippen molar-refractivity contribution in [3.05, 3.63) is 16.1 Å². The first-order valence-electron chi connectivity index (χ1n) is 6.97. The minimum Gasteiger partial charge on any atom is -0.371 e. The number of hydrogen-bond donors (Lipinski definition) is 0. The summed E-state index contributed by atoms with van der Waals surface area (Å²) in [5.41, 5.74) is 1.10. The number of hydrogen-bond acceptors (Lipinski definition) is 4. The van der Waals surface area contributed by atoms with Gasteiger partial charge in [0.25, 0.3) is 0 Å². The smallest absolute Gasteiger partial charge is 0.168 e. The fourth-order valence-electron chi connectivity index (χ4n) is 1.80. The Morgan fingerprint density at radius 1 is 1.42 bits per heavy atom. The van der Waals surface area contributed by atoms with Crippen LogP contribution in [0.15, 0.2) is 5.38 Å². The van der Waals surface area contributed by atoms with Crippen molar-refractivity contribution in [2.24, 2.45) is 0 Å². The molecule has 1 unspecified atom stereocenters. The van der Waals surface area contributed by atoms with Crippen molar-refractivity contribution < 1.29 is 9.53 Å². The van der Waals surface area contributed by atoms with Gasteiger partial charge < -0.3 is 4.74 Å². The number of ketones is 1. The van der Waals surface area contributed by atoms with Gasteiger partial charge in [-0.3, -0.25) is 4.79 Å². The molecule has 0 aromatic carbocycles. The molecule has 1 atom stereocenters. The van der Waals surface area contributed by atoms with Crippen LogP contribution in [-0.2, 0) is 21.4 Å². The van der Waals surface area contributed by atoms with Crippen molar-refractivity contribution in [2.75, 3.05) is 6.61 Å². The quantitative estimate of drug-likeness (QED) is 0.765. The van der Waals surface area contributed by atoms with Gasteiger partial charge in [-0.05, 0) is 13.3 Å². The molecule has 0 bridgehead atoms. The van der Waals surface area contributed by atoms with Gasteiger partial charge in [0.1, 0.15) is 11.1 Å². The van der Waals surface area contributed by atoms with Crippen molar-refractivity contribution in [3.8, 4) is 0 Å². The molecule has 1 rings (SSSR count). The van der Waals surface area contributed by atoms with Gasteiger partial charge in [0.2, 0.25) is 0 Å². The number of nitrogens with zero attached hydrogens (tertiary/aromatic N) is 1. The van der Waals surface area contributed by atoms with Crippen molar-refractivity contribution in [3.63, 3.8) is 0 Å². The topological polar surface area (TPSA) is 39.2 Å². The first kappa shape index (κ1) is 16.3. The van der Waals surface area contributed by atoms with Crippen LogP contribution in [-0.4, -0.2) is 23.5 Å². The van der Waals surface area contributed by atoms with E-state index in [1.165, 1.54) is 0 Å². The van der Waals surface area contributed by atoms with Crippen LogP contribution < -0.4 is 0 Å². The van der Waals surface area contributed by atoms with Crippen LogP contribution in [0.25, 0.3) is 0 Å². The summed E-state index contributed by atoms with van der Waals surface area (Å²) in [5.74, 6) is 0.151. The SMILES string of the molecule is CCCC(OCC)C(=O)Cc1nc(C(C)(C)C)cs1. The fraction of sp³-hybridized carbons (Fsp3) is 0.733. The summed E-state index contributed by atoms with van der Waals surface area (Å²) in [5, 5.41) is 2.95. The molecule has 0 aliphatic rings. The first-order valence-corrected chi connectivity index (χ1v) is 7.85. The Morgan fingerprint density at radius 2 is 2.11 bits per heavy atom. The van der Waals surface area contributed by atoms with Gasteiger partial charge in [-0.15, -0.1) is 11.3 Å². The molecule has 0 radical (unpaired) electrons. The maximum Gasteiger partial charge on any atom is 0.168 e. The molecule has 1 aromatic rings. The fourth-order valence-corrected chi connectivity index (χ4v) is 2.83. The minimum absolute atomic E-state index is 0.0422. The first-order chi connectivity index (χ1) is 8.88. The van der Waals surface area contributed by atoms with E-state index in [9.17, 15) is 4.79 Å². The standard InChI is InChI=1S/C15H25NO2S/c1-6-8-12(18-7-2)11(17)9-14-16-13(10-19-14)15(3,4)5/h10,12H,6-9H2,1-5H3. The summed E-state index contributed by atoms with van der Waals surface area (Å²) in [6.45, 7) is 11.0. The molecule has 108 valence electrons. The molecule has 0 aliphatic carbocycles. The van der Waals surface area contributed by atoms with E-state index >= 15 is 0 Å². The molecule has 0 aliphatic heterocycles. The third kappa shape index (κ3) is 5.03. The molecule has 0 amide bonds. The minimum atomic E-state index is -0.267. The molecule has 0 fully saturated rings. The van der Waals surface area contributed by atoms with Gasteiger partial charge in [-0.1, -0.05) is 34.1 Å². The highest BCUT2D eigenvalue weighted by Gasteiger charge is 2.22. The number of rotatable bonds is 7. The lowest BCUT2D eigenvalue weighted by Crippen LogP contribution is -2.26. The van der Waals surface area contributed by atoms with Crippen LogP contribution >= 0.6 is 11.3 Å². The van der Waals surface area contributed by atoms with Crippen LogP contribution in [0.4, 0.5) is 0 Å². The monoisotopic (exact) mass is 283 g/mol. The van der Waals surface area contributed by atoms with Gasteiger partial charge in [-0.2, -0.15) is 0 Å². The number of Topliss-reactive ketones (excluding diaryl/α,β-unsaturated/α-hetero) is 1. The van der Waals surface area contributed by atoms with E-state index < -0.39 is 0 Å². The zero-order valence-corrected chi connectivity index (χ0v) is 13.5. The van der Waals surface area contributed by atoms with Crippen molar-refractivity contribution in [1.29, 1.82) is 0 Å². The van der Waals surface area contributed by atoms with Crippen LogP contribution in [0, 0.1) is 0 Å². The molecule has 3 nitrogen and oxygen atoms in total. The highest BCUT2D eigenvalue weighted by atomic mass is 32.1. The largest absolute Gasteiger partial charge is 0.371 e. The Kier molecular flexibility index (Phi) is 6.14. The van der Waals surface area contributed by atoms with Crippen molar-refractivity contribution in [1.82, 2.24) is 4.98 Å². The van der Waals surface area contributed by atoms with Gasteiger partial charge in [0.05, 0.1) is 12.1 Å². The van der Waals surface area contributed by atoms with E-state index in [0.717, 1.165) is 23.5 Å². The number of carbonyl (C=O) groups excluding carboxylic acids is 1. The second kappa shape index (κ2) is 7.15. The number of carbonyl (C=O) groups is 1. The molecule has 19 heavy (non-hydrogen) atoms. The predicted octanol–water partition coefficient (Wildman–Crippen LogP) is 3.76. The average molecular weight is 283 g/mol. The van der Waals surface area contributed by atoms with Gasteiger partial charge in [-0.25, -0.2) is 4.98 Å². The van der Waals surface area contributed by atoms with E-state index in [0.29, 0.717) is 13.0 Å². The number of aromatic nitrogens is 1. The molecular formula is C15H25NO2S. The van der Waals surface area contributed by atoms with Gasteiger partial charge >= 0.3 is 0 Å². The highest BCUT2D eigenvalue weighted by molar-refractivity contribution is 7.09. The predicted molar refractivity (Wildman–Crippen MR) is 79.8 cm³/mol. The molecule has 0 saturated heterocycles. The van der Waals surface area contributed by atoms with Crippen LogP contribution in [0.3, 0.4) is 0 Å². The second-order valence-electron chi connectivity index (χ2n) is 5.75. The second-order valence-corrected chi connectivity index (χ2v) is 6.69. The molecule has 0 N–H and O–H groups in total. The Balaban J connectivity index is 2.67. The summed E-state index contributed by atoms with van der Waals surface area (Å²) in [6.07, 6.45) is 1.88. The molecule has 1 heterocycles. The normalized spacial score (nSPS) is 13.5. The lowest BCUT2D eigenvalue weighted by Gasteiger charge is -2.15. The average Bonchev–Trinajstić information content (AvgIpc) is 2.77. The number of thiazole rings is 1. The summed E-state index contributed by atoms with van der Waals surface area (Å²) in [7, 11) is 0. The lowest BCUT2D eigenvalue weighted by atomic mass is 9.93. The molecule has 1 aromatic heterocycles. The summed E-state index contributed by atoms with van der Waals surface area (Å²) >= 11 is 1.57. The number of ether oxygens (including phenoxy) is 1. The van der Waals surface area contributed by atoms with Crippen molar-refractivity contribution >= 4 is 17.1 Å². The van der Waals surface area contributed by atoms with Crippen LogP contribution in [0.1, 0.15) is 58.2 Å². The summed E-state index contributed by atoms with van der Waals surface area (Å²) in [4.78, 5) is 16.8. The summed E-state index contributed by atoms with van der Waals surface area (Å²) < 4.78 is 5.52. The van der Waals surface area contributed by atoms with E-state index in [4.69, 9.17) is 4.74 Å². The van der Waals surface area contributed by atoms with Crippen LogP contribution in [0.5, 0.6) is 0 Å². The van der Waals surface area contributed by atoms with E-state index in [-0.39, 0.29) is 17.3 Å². The third-order valence-corrected chi connectivity index (χ3v) is 3.77. The Labute approximate surface area is 120 Å². The molecule has 0 spiro atoms. The maximum atomic E-state index is 12.2. The Hall–Kier alpha value is -0.740. The third-order valence-electron chi connectivity index (χ3n) is 2.92. The molecular weight excluding hydrogens is 258 g/mol. The zero-order valence-electron chi connectivity index (χ0n) is 12.7. The van der Waals surface area contributed by atoms with Crippen molar-refractivity contribution in [2.45, 2.75) is 65.4 Å². The van der Waals surface area contributed by atoms with E-state index in [2.05, 4.69) is 38.1 Å². The lowest BCUT2D eigenvalue weighted by molar-refractivity contribution is -0.130. The zero-order chi connectivity index (χ0) is 14.5.